The standard InChI is InChI=1S/C26H28N6O/c1-30-11-8-23(9-12-30)31(2)26(33)18-32-17-22(14-29-32)19-3-5-20(6-4-19)24-16-28-13-21-7-10-27-15-25(21)24/h3-7,10,13-17,23H,8-9,11-12,18H2,1-2H3. The number of fused-ring (bicyclic) bond motifs is 1. The van der Waals surface area contributed by atoms with Crippen LogP contribution in [0.25, 0.3) is 33.0 Å². The van der Waals surface area contributed by atoms with Gasteiger partial charge in [-0.3, -0.25) is 19.4 Å². The van der Waals surface area contributed by atoms with Gasteiger partial charge in [0.15, 0.2) is 0 Å². The van der Waals surface area contributed by atoms with E-state index in [9.17, 15) is 4.79 Å². The Hall–Kier alpha value is -3.58. The normalized spacial score (nSPS) is 15.1. The fourth-order valence-electron chi connectivity index (χ4n) is 4.51. The molecule has 0 saturated carbocycles. The Labute approximate surface area is 193 Å². The minimum absolute atomic E-state index is 0.103. The fraction of sp³-hybridized carbons (Fsp3) is 0.308. The van der Waals surface area contributed by atoms with Crippen LogP contribution in [0.3, 0.4) is 0 Å². The molecule has 1 amide bonds. The number of carbonyl (C=O) groups excluding carboxylic acids is 1. The number of piperidine rings is 1. The number of rotatable bonds is 5. The third-order valence-corrected chi connectivity index (χ3v) is 6.65. The van der Waals surface area contributed by atoms with E-state index in [2.05, 4.69) is 51.3 Å². The SMILES string of the molecule is CN1CCC(N(C)C(=O)Cn2cc(-c3ccc(-c4cncc5ccncc45)cc3)cn2)CC1. The summed E-state index contributed by atoms with van der Waals surface area (Å²) in [6, 6.07) is 10.6. The zero-order valence-corrected chi connectivity index (χ0v) is 19.1. The molecule has 0 N–H and O–H groups in total. The van der Waals surface area contributed by atoms with Crippen molar-refractivity contribution in [1.82, 2.24) is 29.5 Å². The summed E-state index contributed by atoms with van der Waals surface area (Å²) in [7, 11) is 4.05. The van der Waals surface area contributed by atoms with Crippen LogP contribution < -0.4 is 0 Å². The van der Waals surface area contributed by atoms with Gasteiger partial charge in [-0.25, -0.2) is 0 Å². The predicted octanol–water partition coefficient (Wildman–Crippen LogP) is 3.71. The van der Waals surface area contributed by atoms with Crippen LogP contribution >= 0.6 is 0 Å². The molecule has 0 radical (unpaired) electrons. The van der Waals surface area contributed by atoms with Crippen LogP contribution in [0.2, 0.25) is 0 Å². The molecule has 1 aliphatic rings. The lowest BCUT2D eigenvalue weighted by Crippen LogP contribution is -2.45. The van der Waals surface area contributed by atoms with Crippen LogP contribution in [-0.2, 0) is 11.3 Å². The molecule has 5 rings (SSSR count). The Morgan fingerprint density at radius 1 is 0.970 bits per heavy atom. The lowest BCUT2D eigenvalue weighted by Gasteiger charge is -2.35. The molecule has 4 heterocycles. The molecule has 33 heavy (non-hydrogen) atoms. The summed E-state index contributed by atoms with van der Waals surface area (Å²) < 4.78 is 1.73. The molecule has 3 aromatic heterocycles. The van der Waals surface area contributed by atoms with Crippen molar-refractivity contribution in [1.29, 1.82) is 0 Å². The molecular weight excluding hydrogens is 412 g/mol. The largest absolute Gasteiger partial charge is 0.341 e. The number of carbonyl (C=O) groups is 1. The molecule has 7 nitrogen and oxygen atoms in total. The van der Waals surface area contributed by atoms with E-state index >= 15 is 0 Å². The molecule has 7 heteroatoms. The second-order valence-electron chi connectivity index (χ2n) is 8.83. The zero-order chi connectivity index (χ0) is 22.8. The highest BCUT2D eigenvalue weighted by molar-refractivity contribution is 5.95. The topological polar surface area (TPSA) is 67.2 Å². The van der Waals surface area contributed by atoms with Gasteiger partial charge in [0, 0.05) is 66.0 Å². The van der Waals surface area contributed by atoms with Gasteiger partial charge in [0.2, 0.25) is 5.91 Å². The van der Waals surface area contributed by atoms with Gasteiger partial charge in [0.25, 0.3) is 0 Å². The second-order valence-corrected chi connectivity index (χ2v) is 8.83. The molecule has 0 aliphatic carbocycles. The smallest absolute Gasteiger partial charge is 0.244 e. The molecule has 1 fully saturated rings. The van der Waals surface area contributed by atoms with Crippen molar-refractivity contribution < 1.29 is 4.79 Å². The highest BCUT2D eigenvalue weighted by atomic mass is 16.2. The number of hydrogen-bond donors (Lipinski definition) is 0. The van der Waals surface area contributed by atoms with Crippen molar-refractivity contribution in [3.63, 3.8) is 0 Å². The summed E-state index contributed by atoms with van der Waals surface area (Å²) in [6.07, 6.45) is 13.2. The molecule has 4 aromatic rings. The molecule has 0 bridgehead atoms. The quantitative estimate of drug-likeness (QED) is 0.473. The highest BCUT2D eigenvalue weighted by Crippen LogP contribution is 2.29. The van der Waals surface area contributed by atoms with Gasteiger partial charge in [-0.05, 0) is 50.2 Å². The Kier molecular flexibility index (Phi) is 5.88. The Morgan fingerprint density at radius 3 is 2.52 bits per heavy atom. The lowest BCUT2D eigenvalue weighted by atomic mass is 10.00. The first-order chi connectivity index (χ1) is 16.1. The Balaban J connectivity index is 1.28. The summed E-state index contributed by atoms with van der Waals surface area (Å²) in [5, 5.41) is 6.59. The fourth-order valence-corrected chi connectivity index (χ4v) is 4.51. The van der Waals surface area contributed by atoms with Gasteiger partial charge in [0.1, 0.15) is 6.54 Å². The van der Waals surface area contributed by atoms with E-state index in [0.29, 0.717) is 6.04 Å². The van der Waals surface area contributed by atoms with E-state index < -0.39 is 0 Å². The predicted molar refractivity (Wildman–Crippen MR) is 129 cm³/mol. The summed E-state index contributed by atoms with van der Waals surface area (Å²) in [5.74, 6) is 0.103. The van der Waals surface area contributed by atoms with Gasteiger partial charge in [0.05, 0.1) is 6.20 Å². The van der Waals surface area contributed by atoms with Crippen molar-refractivity contribution in [2.45, 2.75) is 25.4 Å². The maximum atomic E-state index is 12.8. The van der Waals surface area contributed by atoms with E-state index in [1.807, 2.05) is 49.0 Å². The van der Waals surface area contributed by atoms with E-state index in [4.69, 9.17) is 0 Å². The van der Waals surface area contributed by atoms with E-state index in [1.165, 1.54) is 0 Å². The van der Waals surface area contributed by atoms with Crippen molar-refractivity contribution in [2.75, 3.05) is 27.2 Å². The molecule has 1 aromatic carbocycles. The summed E-state index contributed by atoms with van der Waals surface area (Å²) >= 11 is 0. The van der Waals surface area contributed by atoms with Gasteiger partial charge in [-0.15, -0.1) is 0 Å². The number of amides is 1. The zero-order valence-electron chi connectivity index (χ0n) is 19.1. The number of pyridine rings is 2. The summed E-state index contributed by atoms with van der Waals surface area (Å²) in [5.41, 5.74) is 4.21. The van der Waals surface area contributed by atoms with Crippen LogP contribution in [0.15, 0.2) is 67.5 Å². The Morgan fingerprint density at radius 2 is 1.73 bits per heavy atom. The number of nitrogens with zero attached hydrogens (tertiary/aromatic N) is 6. The molecular formula is C26H28N6O. The molecule has 1 aliphatic heterocycles. The van der Waals surface area contributed by atoms with Crippen molar-refractivity contribution in [2.24, 2.45) is 0 Å². The molecule has 1 saturated heterocycles. The van der Waals surface area contributed by atoms with Crippen molar-refractivity contribution >= 4 is 16.7 Å². The molecule has 168 valence electrons. The van der Waals surface area contributed by atoms with Crippen LogP contribution in [0.1, 0.15) is 12.8 Å². The minimum atomic E-state index is 0.103. The van der Waals surface area contributed by atoms with Crippen molar-refractivity contribution in [3.8, 4) is 22.3 Å². The van der Waals surface area contributed by atoms with Crippen LogP contribution in [-0.4, -0.2) is 68.7 Å². The molecule has 0 unspecified atom stereocenters. The third-order valence-electron chi connectivity index (χ3n) is 6.65. The maximum absolute atomic E-state index is 12.8. The monoisotopic (exact) mass is 440 g/mol. The number of aromatic nitrogens is 4. The highest BCUT2D eigenvalue weighted by Gasteiger charge is 2.24. The first kappa shape index (κ1) is 21.3. The van der Waals surface area contributed by atoms with E-state index in [-0.39, 0.29) is 12.5 Å². The average molecular weight is 441 g/mol. The van der Waals surface area contributed by atoms with Gasteiger partial charge >= 0.3 is 0 Å². The van der Waals surface area contributed by atoms with Crippen molar-refractivity contribution in [3.05, 3.63) is 67.5 Å². The summed E-state index contributed by atoms with van der Waals surface area (Å²) in [6.45, 7) is 2.33. The van der Waals surface area contributed by atoms with Crippen LogP contribution in [0.4, 0.5) is 0 Å². The molecule has 0 spiro atoms. The number of likely N-dealkylation sites (tertiary alicyclic amines) is 1. The second kappa shape index (κ2) is 9.11. The lowest BCUT2D eigenvalue weighted by molar-refractivity contribution is -0.133. The summed E-state index contributed by atoms with van der Waals surface area (Å²) in [4.78, 5) is 25.6. The third kappa shape index (κ3) is 4.50. The number of hydrogen-bond acceptors (Lipinski definition) is 5. The number of likely N-dealkylation sites (N-methyl/N-ethyl adjacent to an activating group) is 1. The molecule has 0 atom stereocenters. The van der Waals surface area contributed by atoms with E-state index in [1.54, 1.807) is 10.9 Å². The average Bonchev–Trinajstić information content (AvgIpc) is 3.32. The van der Waals surface area contributed by atoms with E-state index in [0.717, 1.165) is 59.0 Å². The number of benzene rings is 1. The first-order valence-corrected chi connectivity index (χ1v) is 11.3. The van der Waals surface area contributed by atoms with Gasteiger partial charge in [-0.2, -0.15) is 5.10 Å². The van der Waals surface area contributed by atoms with Gasteiger partial charge in [-0.1, -0.05) is 24.3 Å². The van der Waals surface area contributed by atoms with Crippen LogP contribution in [0.5, 0.6) is 0 Å². The maximum Gasteiger partial charge on any atom is 0.244 e. The Bertz CT molecular complexity index is 1250. The van der Waals surface area contributed by atoms with Gasteiger partial charge < -0.3 is 9.80 Å². The minimum Gasteiger partial charge on any atom is -0.341 e. The first-order valence-electron chi connectivity index (χ1n) is 11.3. The van der Waals surface area contributed by atoms with Crippen LogP contribution in [0, 0.1) is 0 Å².